The summed E-state index contributed by atoms with van der Waals surface area (Å²) in [5.41, 5.74) is 2.52. The van der Waals surface area contributed by atoms with Crippen molar-refractivity contribution in [2.75, 3.05) is 12.0 Å². The van der Waals surface area contributed by atoms with Crippen molar-refractivity contribution < 1.29 is 14.0 Å². The fraction of sp³-hybridized carbons (Fsp3) is 0.357. The van der Waals surface area contributed by atoms with Crippen LogP contribution in [0.2, 0.25) is 0 Å². The molecule has 0 aromatic carbocycles. The van der Waals surface area contributed by atoms with E-state index in [4.69, 9.17) is 4.42 Å². The zero-order valence-corrected chi connectivity index (χ0v) is 13.7. The summed E-state index contributed by atoms with van der Waals surface area (Å²) in [6.07, 6.45) is 3.93. The standard InChI is InChI=1S/C14H17N3O3S2/c1-21-6-4-11(17-14(19)12-3-2-5-20-12)13(18)15-7-10-8-22-9-16-10/h2-3,5,8-9,11H,4,6-7H2,1H3,(H,15,18)(H,17,19)/t11-/m0/s1. The van der Waals surface area contributed by atoms with Crippen molar-refractivity contribution in [2.45, 2.75) is 19.0 Å². The Labute approximate surface area is 136 Å². The number of thiazole rings is 1. The molecule has 22 heavy (non-hydrogen) atoms. The summed E-state index contributed by atoms with van der Waals surface area (Å²) in [4.78, 5) is 28.4. The molecule has 2 aromatic heterocycles. The van der Waals surface area contributed by atoms with Gasteiger partial charge in [0.15, 0.2) is 5.76 Å². The molecule has 0 saturated carbocycles. The molecule has 0 aliphatic carbocycles. The van der Waals surface area contributed by atoms with Gasteiger partial charge in [-0.15, -0.1) is 11.3 Å². The molecule has 0 spiro atoms. The predicted molar refractivity (Wildman–Crippen MR) is 86.9 cm³/mol. The second-order valence-electron chi connectivity index (χ2n) is 4.48. The lowest BCUT2D eigenvalue weighted by Crippen LogP contribution is -2.46. The minimum absolute atomic E-state index is 0.196. The van der Waals surface area contributed by atoms with Crippen LogP contribution in [-0.2, 0) is 11.3 Å². The van der Waals surface area contributed by atoms with Crippen molar-refractivity contribution in [3.63, 3.8) is 0 Å². The number of rotatable bonds is 8. The fourth-order valence-electron chi connectivity index (χ4n) is 1.77. The Morgan fingerprint density at radius 1 is 1.50 bits per heavy atom. The minimum Gasteiger partial charge on any atom is -0.459 e. The van der Waals surface area contributed by atoms with E-state index in [1.807, 2.05) is 11.6 Å². The van der Waals surface area contributed by atoms with Gasteiger partial charge in [0, 0.05) is 5.38 Å². The zero-order chi connectivity index (χ0) is 15.8. The largest absolute Gasteiger partial charge is 0.459 e. The molecule has 0 bridgehead atoms. The number of nitrogens with zero attached hydrogens (tertiary/aromatic N) is 1. The van der Waals surface area contributed by atoms with Crippen molar-refractivity contribution in [1.82, 2.24) is 15.6 Å². The predicted octanol–water partition coefficient (Wildman–Crippen LogP) is 1.90. The first kappa shape index (κ1) is 16.6. The SMILES string of the molecule is CSCC[C@H](NC(=O)c1ccco1)C(=O)NCc1cscn1. The number of hydrogen-bond donors (Lipinski definition) is 2. The zero-order valence-electron chi connectivity index (χ0n) is 12.1. The molecule has 118 valence electrons. The van der Waals surface area contributed by atoms with Gasteiger partial charge in [-0.3, -0.25) is 9.59 Å². The third-order valence-electron chi connectivity index (χ3n) is 2.90. The Bertz CT molecular complexity index is 585. The van der Waals surface area contributed by atoms with Crippen LogP contribution in [0.1, 0.15) is 22.7 Å². The van der Waals surface area contributed by atoms with Crippen LogP contribution in [0.4, 0.5) is 0 Å². The summed E-state index contributed by atoms with van der Waals surface area (Å²) in [5.74, 6) is 0.357. The van der Waals surface area contributed by atoms with E-state index in [1.54, 1.807) is 29.4 Å². The maximum atomic E-state index is 12.3. The summed E-state index contributed by atoms with van der Waals surface area (Å²) in [6.45, 7) is 0.356. The Morgan fingerprint density at radius 3 is 3.00 bits per heavy atom. The Hall–Kier alpha value is -1.80. The highest BCUT2D eigenvalue weighted by molar-refractivity contribution is 7.98. The first-order chi connectivity index (χ1) is 10.7. The van der Waals surface area contributed by atoms with Crippen molar-refractivity contribution in [3.05, 3.63) is 40.7 Å². The molecule has 2 aromatic rings. The Morgan fingerprint density at radius 2 is 2.36 bits per heavy atom. The number of amides is 2. The number of nitrogens with one attached hydrogen (secondary N) is 2. The van der Waals surface area contributed by atoms with Gasteiger partial charge < -0.3 is 15.1 Å². The van der Waals surface area contributed by atoms with E-state index in [1.165, 1.54) is 17.6 Å². The normalized spacial score (nSPS) is 11.9. The molecule has 8 heteroatoms. The van der Waals surface area contributed by atoms with Crippen LogP contribution in [0.3, 0.4) is 0 Å². The van der Waals surface area contributed by atoms with Crippen molar-refractivity contribution in [1.29, 1.82) is 0 Å². The third kappa shape index (κ3) is 4.88. The second-order valence-corrected chi connectivity index (χ2v) is 6.19. The van der Waals surface area contributed by atoms with E-state index in [0.29, 0.717) is 13.0 Å². The molecule has 0 radical (unpaired) electrons. The van der Waals surface area contributed by atoms with Crippen LogP contribution in [0.5, 0.6) is 0 Å². The Kier molecular flexibility index (Phi) is 6.47. The lowest BCUT2D eigenvalue weighted by atomic mass is 10.2. The van der Waals surface area contributed by atoms with Crippen molar-refractivity contribution in [2.24, 2.45) is 0 Å². The van der Waals surface area contributed by atoms with Crippen LogP contribution < -0.4 is 10.6 Å². The molecular weight excluding hydrogens is 322 g/mol. The van der Waals surface area contributed by atoms with Gasteiger partial charge in [-0.2, -0.15) is 11.8 Å². The van der Waals surface area contributed by atoms with E-state index in [0.717, 1.165) is 11.4 Å². The molecule has 2 rings (SSSR count). The van der Waals surface area contributed by atoms with Gasteiger partial charge in [-0.1, -0.05) is 0 Å². The molecule has 0 aliphatic heterocycles. The van der Waals surface area contributed by atoms with Gasteiger partial charge in [0.1, 0.15) is 6.04 Å². The molecule has 2 amide bonds. The molecule has 0 aliphatic rings. The number of thioether (sulfide) groups is 1. The van der Waals surface area contributed by atoms with Gasteiger partial charge >= 0.3 is 0 Å². The van der Waals surface area contributed by atoms with Crippen LogP contribution in [0.25, 0.3) is 0 Å². The fourth-order valence-corrected chi connectivity index (χ4v) is 2.80. The summed E-state index contributed by atoms with van der Waals surface area (Å²) in [7, 11) is 0. The number of aromatic nitrogens is 1. The highest BCUT2D eigenvalue weighted by atomic mass is 32.2. The summed E-state index contributed by atoms with van der Waals surface area (Å²) >= 11 is 3.10. The van der Waals surface area contributed by atoms with Crippen LogP contribution in [0.15, 0.2) is 33.7 Å². The lowest BCUT2D eigenvalue weighted by molar-refractivity contribution is -0.123. The summed E-state index contributed by atoms with van der Waals surface area (Å²) in [5, 5.41) is 7.38. The van der Waals surface area contributed by atoms with Crippen molar-refractivity contribution >= 4 is 34.9 Å². The average molecular weight is 339 g/mol. The molecule has 1 atom stereocenters. The van der Waals surface area contributed by atoms with Crippen molar-refractivity contribution in [3.8, 4) is 0 Å². The molecule has 2 N–H and O–H groups in total. The smallest absolute Gasteiger partial charge is 0.287 e. The van der Waals surface area contributed by atoms with Gasteiger partial charge in [0.25, 0.3) is 5.91 Å². The van der Waals surface area contributed by atoms with E-state index < -0.39 is 6.04 Å². The topological polar surface area (TPSA) is 84.2 Å². The molecular formula is C14H17N3O3S2. The van der Waals surface area contributed by atoms with E-state index in [-0.39, 0.29) is 17.6 Å². The average Bonchev–Trinajstić information content (AvgIpc) is 3.21. The lowest BCUT2D eigenvalue weighted by Gasteiger charge is -2.17. The first-order valence-electron chi connectivity index (χ1n) is 6.68. The number of hydrogen-bond acceptors (Lipinski definition) is 6. The number of carbonyl (C=O) groups excluding carboxylic acids is 2. The van der Waals surface area contributed by atoms with E-state index in [2.05, 4.69) is 15.6 Å². The quantitative estimate of drug-likeness (QED) is 0.767. The third-order valence-corrected chi connectivity index (χ3v) is 4.18. The number of furan rings is 1. The molecule has 0 unspecified atom stereocenters. The highest BCUT2D eigenvalue weighted by Gasteiger charge is 2.22. The minimum atomic E-state index is -0.594. The Balaban J connectivity index is 1.92. The van der Waals surface area contributed by atoms with E-state index >= 15 is 0 Å². The molecule has 0 fully saturated rings. The van der Waals surface area contributed by atoms with Gasteiger partial charge in [0.05, 0.1) is 24.0 Å². The van der Waals surface area contributed by atoms with Gasteiger partial charge in [-0.05, 0) is 30.6 Å². The highest BCUT2D eigenvalue weighted by Crippen LogP contribution is 2.06. The first-order valence-corrected chi connectivity index (χ1v) is 9.02. The maximum absolute atomic E-state index is 12.3. The van der Waals surface area contributed by atoms with Gasteiger partial charge in [-0.25, -0.2) is 4.98 Å². The van der Waals surface area contributed by atoms with Crippen LogP contribution >= 0.6 is 23.1 Å². The molecule has 6 nitrogen and oxygen atoms in total. The monoisotopic (exact) mass is 339 g/mol. The molecule has 2 heterocycles. The van der Waals surface area contributed by atoms with E-state index in [9.17, 15) is 9.59 Å². The van der Waals surface area contributed by atoms with Gasteiger partial charge in [0.2, 0.25) is 5.91 Å². The second kappa shape index (κ2) is 8.60. The maximum Gasteiger partial charge on any atom is 0.287 e. The molecule has 0 saturated heterocycles. The number of carbonyl (C=O) groups is 2. The van der Waals surface area contributed by atoms with Crippen LogP contribution in [0, 0.1) is 0 Å². The summed E-state index contributed by atoms with van der Waals surface area (Å²) in [6, 6.07) is 2.60. The van der Waals surface area contributed by atoms with Crippen LogP contribution in [-0.4, -0.2) is 34.8 Å². The summed E-state index contributed by atoms with van der Waals surface area (Å²) < 4.78 is 5.04.